The molecule has 0 bridgehead atoms. The quantitative estimate of drug-likeness (QED) is 0.717. The zero-order valence-corrected chi connectivity index (χ0v) is 13.8. The number of methoxy groups -OCH3 is 1. The predicted octanol–water partition coefficient (Wildman–Crippen LogP) is 1.54. The first-order valence-electron chi connectivity index (χ1n) is 6.51. The molecular formula is C13H18O6S2. The van der Waals surface area contributed by atoms with E-state index in [-0.39, 0.29) is 6.61 Å². The van der Waals surface area contributed by atoms with Gasteiger partial charge in [-0.3, -0.25) is 9.59 Å². The van der Waals surface area contributed by atoms with Gasteiger partial charge >= 0.3 is 11.9 Å². The molecule has 3 atom stereocenters. The monoisotopic (exact) mass is 334 g/mol. The van der Waals surface area contributed by atoms with E-state index in [0.29, 0.717) is 0 Å². The van der Waals surface area contributed by atoms with Gasteiger partial charge in [0, 0.05) is 37.4 Å². The highest BCUT2D eigenvalue weighted by atomic mass is 32.2. The maximum atomic E-state index is 11.4. The number of carbonyl (C=O) groups excluding carboxylic acids is 2. The molecule has 0 saturated carbocycles. The molecule has 2 heterocycles. The summed E-state index contributed by atoms with van der Waals surface area (Å²) in [6.45, 7) is 2.70. The van der Waals surface area contributed by atoms with E-state index in [1.165, 1.54) is 13.8 Å². The summed E-state index contributed by atoms with van der Waals surface area (Å²) in [5, 5.41) is 0. The van der Waals surface area contributed by atoms with Gasteiger partial charge in [0.15, 0.2) is 12.4 Å². The summed E-state index contributed by atoms with van der Waals surface area (Å²) in [6, 6.07) is 0. The number of ether oxygens (including phenoxy) is 4. The van der Waals surface area contributed by atoms with E-state index in [1.807, 2.05) is 0 Å². The molecule has 21 heavy (non-hydrogen) atoms. The highest BCUT2D eigenvalue weighted by Gasteiger charge is 2.42. The van der Waals surface area contributed by atoms with Crippen molar-refractivity contribution in [2.24, 2.45) is 0 Å². The average Bonchev–Trinajstić information content (AvgIpc) is 2.45. The van der Waals surface area contributed by atoms with Gasteiger partial charge in [-0.2, -0.15) is 0 Å². The van der Waals surface area contributed by atoms with Gasteiger partial charge in [0.25, 0.3) is 0 Å². The van der Waals surface area contributed by atoms with Crippen molar-refractivity contribution in [2.75, 3.05) is 25.2 Å². The van der Waals surface area contributed by atoms with Crippen molar-refractivity contribution in [2.45, 2.75) is 32.3 Å². The van der Waals surface area contributed by atoms with Gasteiger partial charge in [0.2, 0.25) is 0 Å². The second kappa shape index (κ2) is 7.53. The van der Waals surface area contributed by atoms with E-state index in [0.717, 1.165) is 21.3 Å². The summed E-state index contributed by atoms with van der Waals surface area (Å²) in [4.78, 5) is 24.3. The Morgan fingerprint density at radius 2 is 1.86 bits per heavy atom. The summed E-state index contributed by atoms with van der Waals surface area (Å²) in [7, 11) is 1.56. The smallest absolute Gasteiger partial charge is 0.303 e. The molecule has 2 rings (SSSR count). The summed E-state index contributed by atoms with van der Waals surface area (Å²) in [5.74, 6) is 1.08. The third kappa shape index (κ3) is 4.15. The zero-order valence-electron chi connectivity index (χ0n) is 12.1. The maximum Gasteiger partial charge on any atom is 0.303 e. The molecule has 0 aromatic carbocycles. The van der Waals surface area contributed by atoms with Crippen molar-refractivity contribution < 1.29 is 28.5 Å². The Morgan fingerprint density at radius 3 is 2.43 bits per heavy atom. The highest BCUT2D eigenvalue weighted by molar-refractivity contribution is 8.10. The van der Waals surface area contributed by atoms with Crippen molar-refractivity contribution >= 4 is 35.5 Å². The molecule has 0 radical (unpaired) electrons. The van der Waals surface area contributed by atoms with Crippen LogP contribution in [0.25, 0.3) is 0 Å². The van der Waals surface area contributed by atoms with Crippen molar-refractivity contribution in [3.63, 3.8) is 0 Å². The number of esters is 2. The molecule has 2 aliphatic heterocycles. The fourth-order valence-electron chi connectivity index (χ4n) is 2.11. The first-order chi connectivity index (χ1) is 10.0. The van der Waals surface area contributed by atoms with Crippen LogP contribution in [-0.2, 0) is 28.5 Å². The Kier molecular flexibility index (Phi) is 5.98. The predicted molar refractivity (Wildman–Crippen MR) is 79.8 cm³/mol. The number of hydrogen-bond acceptors (Lipinski definition) is 8. The summed E-state index contributed by atoms with van der Waals surface area (Å²) >= 11 is 3.28. The molecule has 0 aliphatic carbocycles. The van der Waals surface area contributed by atoms with Gasteiger partial charge in [0.1, 0.15) is 12.7 Å². The Labute approximate surface area is 131 Å². The van der Waals surface area contributed by atoms with Gasteiger partial charge in [-0.1, -0.05) is 0 Å². The second-order valence-electron chi connectivity index (χ2n) is 4.50. The first-order valence-corrected chi connectivity index (χ1v) is 8.48. The SMILES string of the molecule is CO[C@@H]1O[C@@H](COC(C)=O)[C@@H](OC(C)=O)C2=C1SCCS2. The molecule has 0 spiro atoms. The summed E-state index contributed by atoms with van der Waals surface area (Å²) in [5.41, 5.74) is 0. The van der Waals surface area contributed by atoms with Gasteiger partial charge in [-0.15, -0.1) is 23.5 Å². The lowest BCUT2D eigenvalue weighted by molar-refractivity contribution is -0.192. The fourth-order valence-corrected chi connectivity index (χ4v) is 4.72. The van der Waals surface area contributed by atoms with Crippen LogP contribution in [0, 0.1) is 0 Å². The molecule has 0 aromatic rings. The highest BCUT2D eigenvalue weighted by Crippen LogP contribution is 2.44. The van der Waals surface area contributed by atoms with Gasteiger partial charge in [0.05, 0.1) is 4.91 Å². The Hall–Kier alpha value is -0.700. The molecule has 2 aliphatic rings. The molecule has 8 heteroatoms. The minimum atomic E-state index is -0.562. The van der Waals surface area contributed by atoms with E-state index in [4.69, 9.17) is 18.9 Å². The fraction of sp³-hybridized carbons (Fsp3) is 0.692. The molecule has 0 N–H and O–H groups in total. The molecular weight excluding hydrogens is 316 g/mol. The van der Waals surface area contributed by atoms with E-state index >= 15 is 0 Å². The minimum Gasteiger partial charge on any atom is -0.463 e. The van der Waals surface area contributed by atoms with E-state index in [2.05, 4.69) is 0 Å². The van der Waals surface area contributed by atoms with Crippen LogP contribution in [-0.4, -0.2) is 55.7 Å². The molecule has 0 aromatic heterocycles. The number of carbonyl (C=O) groups is 2. The van der Waals surface area contributed by atoms with Crippen LogP contribution in [0.15, 0.2) is 9.81 Å². The zero-order chi connectivity index (χ0) is 15.4. The third-order valence-corrected chi connectivity index (χ3v) is 5.60. The topological polar surface area (TPSA) is 71.1 Å². The molecule has 0 fully saturated rings. The van der Waals surface area contributed by atoms with Crippen LogP contribution >= 0.6 is 23.5 Å². The summed E-state index contributed by atoms with van der Waals surface area (Å²) < 4.78 is 21.6. The van der Waals surface area contributed by atoms with Gasteiger partial charge in [-0.25, -0.2) is 0 Å². The second-order valence-corrected chi connectivity index (χ2v) is 6.77. The average molecular weight is 334 g/mol. The largest absolute Gasteiger partial charge is 0.463 e. The number of rotatable bonds is 4. The molecule has 6 nitrogen and oxygen atoms in total. The maximum absolute atomic E-state index is 11.4. The Bertz CT molecular complexity index is 450. The molecule has 0 unspecified atom stereocenters. The molecule has 0 amide bonds. The third-order valence-electron chi connectivity index (χ3n) is 2.91. The van der Waals surface area contributed by atoms with Crippen molar-refractivity contribution in [1.82, 2.24) is 0 Å². The van der Waals surface area contributed by atoms with Crippen molar-refractivity contribution in [3.8, 4) is 0 Å². The lowest BCUT2D eigenvalue weighted by Gasteiger charge is -2.39. The number of thioether (sulfide) groups is 2. The normalized spacial score (nSPS) is 28.8. The lowest BCUT2D eigenvalue weighted by atomic mass is 10.1. The van der Waals surface area contributed by atoms with E-state index < -0.39 is 30.4 Å². The molecule has 0 saturated heterocycles. The van der Waals surface area contributed by atoms with Crippen molar-refractivity contribution in [3.05, 3.63) is 9.81 Å². The van der Waals surface area contributed by atoms with Crippen LogP contribution in [0.4, 0.5) is 0 Å². The van der Waals surface area contributed by atoms with Crippen LogP contribution in [0.1, 0.15) is 13.8 Å². The first kappa shape index (κ1) is 16.7. The van der Waals surface area contributed by atoms with E-state index in [1.54, 1.807) is 30.6 Å². The lowest BCUT2D eigenvalue weighted by Crippen LogP contribution is -2.46. The Morgan fingerprint density at radius 1 is 1.19 bits per heavy atom. The van der Waals surface area contributed by atoms with Crippen LogP contribution in [0.2, 0.25) is 0 Å². The molecule has 118 valence electrons. The summed E-state index contributed by atoms with van der Waals surface area (Å²) in [6.07, 6.45) is -1.63. The van der Waals surface area contributed by atoms with Crippen LogP contribution in [0.3, 0.4) is 0 Å². The van der Waals surface area contributed by atoms with Crippen LogP contribution < -0.4 is 0 Å². The number of hydrogen-bond donors (Lipinski definition) is 0. The van der Waals surface area contributed by atoms with Crippen LogP contribution in [0.5, 0.6) is 0 Å². The minimum absolute atomic E-state index is 0.0230. The van der Waals surface area contributed by atoms with Crippen molar-refractivity contribution in [1.29, 1.82) is 0 Å². The standard InChI is InChI=1S/C13H18O6S2/c1-7(14)17-6-9-10(18-8(2)15)11-12(13(16-3)19-9)21-5-4-20-11/h9-10,13H,4-6H2,1-3H3/t9-,10+,13+/m0/s1. The van der Waals surface area contributed by atoms with E-state index in [9.17, 15) is 9.59 Å². The Balaban J connectivity index is 2.25. The van der Waals surface area contributed by atoms with Gasteiger partial charge in [-0.05, 0) is 0 Å². The van der Waals surface area contributed by atoms with Gasteiger partial charge < -0.3 is 18.9 Å².